The van der Waals surface area contributed by atoms with Crippen LogP contribution in [-0.4, -0.2) is 32.6 Å². The van der Waals surface area contributed by atoms with Gasteiger partial charge in [-0.05, 0) is 42.3 Å². The van der Waals surface area contributed by atoms with E-state index in [0.29, 0.717) is 23.4 Å². The third-order valence-electron chi connectivity index (χ3n) is 3.79. The maximum Gasteiger partial charge on any atom is 0.240 e. The summed E-state index contributed by atoms with van der Waals surface area (Å²) in [5.41, 5.74) is 4.96. The quantitative estimate of drug-likeness (QED) is 0.297. The number of amides is 1. The largest absolute Gasteiger partial charge is 0.351 e. The molecular weight excluding hydrogens is 398 g/mol. The first-order chi connectivity index (χ1) is 14.0. The van der Waals surface area contributed by atoms with E-state index in [1.54, 1.807) is 31.2 Å². The molecule has 29 heavy (non-hydrogen) atoms. The summed E-state index contributed by atoms with van der Waals surface area (Å²) in [6.45, 7) is 2.09. The summed E-state index contributed by atoms with van der Waals surface area (Å²) < 4.78 is 25.8. The van der Waals surface area contributed by atoms with Crippen LogP contribution in [0.15, 0.2) is 58.8 Å². The highest BCUT2D eigenvalue weighted by Gasteiger charge is 2.08. The summed E-state index contributed by atoms with van der Waals surface area (Å²) in [6, 6.07) is 11.9. The van der Waals surface area contributed by atoms with Crippen LogP contribution in [-0.2, 0) is 11.3 Å². The van der Waals surface area contributed by atoms with Crippen molar-refractivity contribution < 1.29 is 13.6 Å². The van der Waals surface area contributed by atoms with Gasteiger partial charge in [0.05, 0.1) is 11.5 Å². The standard InChI is InChI=1S/C19H18F2N6OS/c1-12(14-4-8-16(21)9-5-14)24-25-18-23-19(27-26-18)29-11-17(28)22-10-13-2-6-15(20)7-3-13/h2-9H,10-11H2,1H3,(H,22,28)(H2,23,25,26,27)/b24-12+. The van der Waals surface area contributed by atoms with Gasteiger partial charge in [0.2, 0.25) is 17.0 Å². The Hall–Kier alpha value is -3.27. The Morgan fingerprint density at radius 1 is 1.10 bits per heavy atom. The Bertz CT molecular complexity index is 989. The SMILES string of the molecule is C/C(=N\Nc1nc(SCC(=O)NCc2ccc(F)cc2)n[nH]1)c1ccc(F)cc1. The maximum atomic E-state index is 13.0. The number of carbonyl (C=O) groups is 1. The molecule has 1 amide bonds. The zero-order chi connectivity index (χ0) is 20.6. The average molecular weight is 416 g/mol. The lowest BCUT2D eigenvalue weighted by atomic mass is 10.1. The maximum absolute atomic E-state index is 13.0. The second kappa shape index (κ2) is 9.78. The van der Waals surface area contributed by atoms with Crippen LogP contribution in [0.1, 0.15) is 18.1 Å². The molecule has 0 aliphatic rings. The Kier molecular flexibility index (Phi) is 6.90. The average Bonchev–Trinajstić information content (AvgIpc) is 3.18. The van der Waals surface area contributed by atoms with Crippen LogP contribution >= 0.6 is 11.8 Å². The number of aromatic amines is 1. The highest BCUT2D eigenvalue weighted by molar-refractivity contribution is 7.99. The number of nitrogens with zero attached hydrogens (tertiary/aromatic N) is 3. The van der Waals surface area contributed by atoms with Crippen molar-refractivity contribution in [2.75, 3.05) is 11.2 Å². The van der Waals surface area contributed by atoms with Crippen LogP contribution in [0.4, 0.5) is 14.7 Å². The van der Waals surface area contributed by atoms with Gasteiger partial charge in [-0.25, -0.2) is 19.3 Å². The topological polar surface area (TPSA) is 95.1 Å². The lowest BCUT2D eigenvalue weighted by molar-refractivity contribution is -0.118. The molecule has 10 heteroatoms. The minimum Gasteiger partial charge on any atom is -0.351 e. The number of halogens is 2. The van der Waals surface area contributed by atoms with Crippen LogP contribution in [0.5, 0.6) is 0 Å². The van der Waals surface area contributed by atoms with E-state index in [1.165, 1.54) is 24.3 Å². The highest BCUT2D eigenvalue weighted by Crippen LogP contribution is 2.14. The van der Waals surface area contributed by atoms with Crippen LogP contribution in [0.2, 0.25) is 0 Å². The molecule has 0 saturated heterocycles. The molecule has 150 valence electrons. The number of H-pyrrole nitrogens is 1. The number of nitrogens with one attached hydrogen (secondary N) is 3. The monoisotopic (exact) mass is 416 g/mol. The molecule has 0 saturated carbocycles. The van der Waals surface area contributed by atoms with Crippen molar-refractivity contribution in [1.82, 2.24) is 20.5 Å². The fraction of sp³-hybridized carbons (Fsp3) is 0.158. The highest BCUT2D eigenvalue weighted by atomic mass is 32.2. The molecule has 0 aliphatic heterocycles. The zero-order valence-electron chi connectivity index (χ0n) is 15.4. The van der Waals surface area contributed by atoms with Crippen molar-refractivity contribution >= 4 is 29.3 Å². The Morgan fingerprint density at radius 2 is 1.76 bits per heavy atom. The molecule has 3 aromatic rings. The van der Waals surface area contributed by atoms with Crippen molar-refractivity contribution in [2.24, 2.45) is 5.10 Å². The van der Waals surface area contributed by atoms with E-state index < -0.39 is 0 Å². The van der Waals surface area contributed by atoms with E-state index in [2.05, 4.69) is 31.0 Å². The number of rotatable bonds is 8. The van der Waals surface area contributed by atoms with Gasteiger partial charge in [0, 0.05) is 6.54 Å². The van der Waals surface area contributed by atoms with Gasteiger partial charge in [-0.2, -0.15) is 10.1 Å². The molecule has 2 aromatic carbocycles. The molecule has 0 spiro atoms. The fourth-order valence-electron chi connectivity index (χ4n) is 2.24. The van der Waals surface area contributed by atoms with Gasteiger partial charge in [-0.15, -0.1) is 5.10 Å². The Balaban J connectivity index is 1.44. The summed E-state index contributed by atoms with van der Waals surface area (Å²) in [7, 11) is 0. The number of hydrogen-bond acceptors (Lipinski definition) is 6. The minimum atomic E-state index is -0.318. The van der Waals surface area contributed by atoms with Gasteiger partial charge in [0.25, 0.3) is 0 Å². The lowest BCUT2D eigenvalue weighted by Crippen LogP contribution is -2.24. The number of carbonyl (C=O) groups excluding carboxylic acids is 1. The van der Waals surface area contributed by atoms with Gasteiger partial charge < -0.3 is 5.32 Å². The summed E-state index contributed by atoms with van der Waals surface area (Å²) >= 11 is 1.16. The first-order valence-electron chi connectivity index (χ1n) is 8.62. The summed E-state index contributed by atoms with van der Waals surface area (Å²) in [4.78, 5) is 16.1. The zero-order valence-corrected chi connectivity index (χ0v) is 16.3. The van der Waals surface area contributed by atoms with Gasteiger partial charge in [0.15, 0.2) is 0 Å². The number of benzene rings is 2. The van der Waals surface area contributed by atoms with Crippen molar-refractivity contribution in [3.8, 4) is 0 Å². The number of anilines is 1. The molecule has 3 rings (SSSR count). The number of hydrogen-bond donors (Lipinski definition) is 3. The Labute approximate surface area is 170 Å². The van der Waals surface area contributed by atoms with E-state index in [1.807, 2.05) is 0 Å². The molecule has 0 bridgehead atoms. The van der Waals surface area contributed by atoms with E-state index >= 15 is 0 Å². The van der Waals surface area contributed by atoms with Crippen LogP contribution in [0, 0.1) is 11.6 Å². The fourth-order valence-corrected chi connectivity index (χ4v) is 2.87. The molecule has 0 aliphatic carbocycles. The minimum absolute atomic E-state index is 0.135. The van der Waals surface area contributed by atoms with Crippen molar-refractivity contribution in [1.29, 1.82) is 0 Å². The van der Waals surface area contributed by atoms with Crippen LogP contribution in [0.3, 0.4) is 0 Å². The van der Waals surface area contributed by atoms with E-state index in [9.17, 15) is 13.6 Å². The van der Waals surface area contributed by atoms with Crippen molar-refractivity contribution in [3.63, 3.8) is 0 Å². The van der Waals surface area contributed by atoms with Gasteiger partial charge in [-0.3, -0.25) is 4.79 Å². The lowest BCUT2D eigenvalue weighted by Gasteiger charge is -2.04. The van der Waals surface area contributed by atoms with E-state index in [4.69, 9.17) is 0 Å². The molecule has 0 fully saturated rings. The molecule has 7 nitrogen and oxygen atoms in total. The normalized spacial score (nSPS) is 11.3. The molecule has 1 aromatic heterocycles. The first kappa shape index (κ1) is 20.5. The number of aromatic nitrogens is 3. The molecule has 0 radical (unpaired) electrons. The predicted molar refractivity (Wildman–Crippen MR) is 108 cm³/mol. The molecule has 0 atom stereocenters. The summed E-state index contributed by atoms with van der Waals surface area (Å²) in [6.07, 6.45) is 0. The van der Waals surface area contributed by atoms with E-state index in [-0.39, 0.29) is 23.3 Å². The molecule has 3 N–H and O–H groups in total. The third-order valence-corrected chi connectivity index (χ3v) is 4.64. The predicted octanol–water partition coefficient (Wildman–Crippen LogP) is 3.33. The summed E-state index contributed by atoms with van der Waals surface area (Å²) in [5.74, 6) is -0.365. The Morgan fingerprint density at radius 3 is 2.45 bits per heavy atom. The molecule has 0 unspecified atom stereocenters. The van der Waals surface area contributed by atoms with Gasteiger partial charge >= 0.3 is 0 Å². The van der Waals surface area contributed by atoms with Crippen molar-refractivity contribution in [3.05, 3.63) is 71.3 Å². The van der Waals surface area contributed by atoms with Crippen molar-refractivity contribution in [2.45, 2.75) is 18.6 Å². The smallest absolute Gasteiger partial charge is 0.240 e. The third kappa shape index (κ3) is 6.39. The van der Waals surface area contributed by atoms with Gasteiger partial charge in [0.1, 0.15) is 11.6 Å². The molecule has 1 heterocycles. The first-order valence-corrected chi connectivity index (χ1v) is 9.61. The van der Waals surface area contributed by atoms with E-state index in [0.717, 1.165) is 22.9 Å². The van der Waals surface area contributed by atoms with Crippen LogP contribution in [0.25, 0.3) is 0 Å². The molecular formula is C19H18F2N6OS. The second-order valence-electron chi connectivity index (χ2n) is 5.97. The number of hydrazone groups is 1. The number of thioether (sulfide) groups is 1. The van der Waals surface area contributed by atoms with Gasteiger partial charge in [-0.1, -0.05) is 36.0 Å². The summed E-state index contributed by atoms with van der Waals surface area (Å²) in [5, 5.41) is 14.0. The van der Waals surface area contributed by atoms with Crippen LogP contribution < -0.4 is 10.7 Å². The second-order valence-corrected chi connectivity index (χ2v) is 6.92.